The second-order valence-electron chi connectivity index (χ2n) is 6.24. The van der Waals surface area contributed by atoms with E-state index < -0.39 is 0 Å². The summed E-state index contributed by atoms with van der Waals surface area (Å²) in [6.07, 6.45) is 2.17. The van der Waals surface area contributed by atoms with Gasteiger partial charge in [-0.05, 0) is 26.7 Å². The van der Waals surface area contributed by atoms with Crippen LogP contribution < -0.4 is 5.32 Å². The molecule has 0 bridgehead atoms. The molecule has 0 saturated heterocycles. The molecular weight excluding hydrogens is 312 g/mol. The van der Waals surface area contributed by atoms with Crippen molar-refractivity contribution < 1.29 is 9.84 Å². The summed E-state index contributed by atoms with van der Waals surface area (Å²) < 4.78 is 5.31. The van der Waals surface area contributed by atoms with Crippen molar-refractivity contribution in [2.75, 3.05) is 33.9 Å². The zero-order chi connectivity index (χ0) is 16.9. The number of nitrogens with one attached hydrogen (secondary N) is 1. The molecule has 2 rings (SSSR count). The number of nitrogens with zero attached hydrogens (tertiary/aromatic N) is 3. The summed E-state index contributed by atoms with van der Waals surface area (Å²) >= 11 is 1.62. The predicted octanol–water partition coefficient (Wildman–Crippen LogP) is 2.02. The van der Waals surface area contributed by atoms with Crippen LogP contribution in [0.5, 0.6) is 0 Å². The molecule has 1 aromatic rings. The van der Waals surface area contributed by atoms with Crippen LogP contribution in [0.25, 0.3) is 0 Å². The van der Waals surface area contributed by atoms with E-state index in [1.165, 1.54) is 0 Å². The first-order valence-corrected chi connectivity index (χ1v) is 8.99. The average Bonchev–Trinajstić information content (AvgIpc) is 3.20. The van der Waals surface area contributed by atoms with E-state index in [9.17, 15) is 5.11 Å². The Kier molecular flexibility index (Phi) is 6.38. The molecule has 1 saturated carbocycles. The maximum Gasteiger partial charge on any atom is 0.194 e. The topological polar surface area (TPSA) is 70.0 Å². The molecule has 0 spiro atoms. The smallest absolute Gasteiger partial charge is 0.194 e. The molecule has 7 heteroatoms. The lowest BCUT2D eigenvalue weighted by molar-refractivity contribution is 0.119. The second-order valence-corrected chi connectivity index (χ2v) is 7.13. The Hall–Kier alpha value is -1.18. The minimum atomic E-state index is 0.0280. The van der Waals surface area contributed by atoms with Crippen LogP contribution in [0.15, 0.2) is 10.4 Å². The van der Waals surface area contributed by atoms with Crippen LogP contribution in [0.2, 0.25) is 0 Å². The third kappa shape index (κ3) is 4.89. The molecule has 6 nitrogen and oxygen atoms in total. The summed E-state index contributed by atoms with van der Waals surface area (Å²) in [5, 5.41) is 15.8. The van der Waals surface area contributed by atoms with Crippen molar-refractivity contribution in [2.45, 2.75) is 39.3 Å². The number of hydrogen-bond donors (Lipinski definition) is 2. The van der Waals surface area contributed by atoms with E-state index in [1.54, 1.807) is 18.4 Å². The zero-order valence-electron chi connectivity index (χ0n) is 14.5. The predicted molar refractivity (Wildman–Crippen MR) is 93.7 cm³/mol. The largest absolute Gasteiger partial charge is 0.396 e. The quantitative estimate of drug-likeness (QED) is 0.560. The fraction of sp³-hybridized carbons (Fsp3) is 0.750. The maximum atomic E-state index is 9.43. The number of hydrogen-bond acceptors (Lipinski definition) is 5. The highest BCUT2D eigenvalue weighted by molar-refractivity contribution is 7.09. The normalized spacial score (nSPS) is 17.9. The van der Waals surface area contributed by atoms with Gasteiger partial charge in [0.1, 0.15) is 11.1 Å². The van der Waals surface area contributed by atoms with Crippen LogP contribution >= 0.6 is 11.3 Å². The molecule has 1 heterocycles. The molecule has 0 radical (unpaired) electrons. The number of methoxy groups -OCH3 is 1. The minimum absolute atomic E-state index is 0.0280. The Morgan fingerprint density at radius 2 is 2.35 bits per heavy atom. The van der Waals surface area contributed by atoms with Gasteiger partial charge in [-0.3, -0.25) is 4.99 Å². The molecule has 2 N–H and O–H groups in total. The number of aliphatic hydroxyl groups excluding tert-OH is 1. The van der Waals surface area contributed by atoms with Crippen LogP contribution in [0.3, 0.4) is 0 Å². The molecule has 1 atom stereocenters. The van der Waals surface area contributed by atoms with Gasteiger partial charge < -0.3 is 20.1 Å². The van der Waals surface area contributed by atoms with Gasteiger partial charge >= 0.3 is 0 Å². The van der Waals surface area contributed by atoms with Gasteiger partial charge in [0.25, 0.3) is 0 Å². The number of thiazole rings is 1. The van der Waals surface area contributed by atoms with Crippen LogP contribution in [0.4, 0.5) is 0 Å². The molecular formula is C16H28N4O2S. The van der Waals surface area contributed by atoms with Crippen LogP contribution in [0.1, 0.15) is 43.5 Å². The summed E-state index contributed by atoms with van der Waals surface area (Å²) in [6, 6.07) is 0. The number of aromatic nitrogens is 1. The van der Waals surface area contributed by atoms with E-state index in [0.29, 0.717) is 13.1 Å². The van der Waals surface area contributed by atoms with Crippen molar-refractivity contribution in [3.05, 3.63) is 16.1 Å². The molecule has 1 unspecified atom stereocenters. The Bertz CT molecular complexity index is 528. The Labute approximate surface area is 142 Å². The highest BCUT2D eigenvalue weighted by Gasteiger charge is 2.41. The molecule has 1 aliphatic carbocycles. The van der Waals surface area contributed by atoms with Gasteiger partial charge in [0.05, 0.1) is 25.4 Å². The summed E-state index contributed by atoms with van der Waals surface area (Å²) in [4.78, 5) is 11.4. The molecule has 1 aromatic heterocycles. The van der Waals surface area contributed by atoms with Crippen molar-refractivity contribution in [3.63, 3.8) is 0 Å². The third-order valence-corrected chi connectivity index (χ3v) is 5.28. The maximum absolute atomic E-state index is 9.43. The molecule has 0 aromatic carbocycles. The van der Waals surface area contributed by atoms with Crippen molar-refractivity contribution in [3.8, 4) is 0 Å². The SMILES string of the molecule is CCNC(=NCC1(CO)CC1)N(C)Cc1csc(C(C)OC)n1. The summed E-state index contributed by atoms with van der Waals surface area (Å²) in [5.74, 6) is 0.863. The van der Waals surface area contributed by atoms with Gasteiger partial charge in [0.15, 0.2) is 5.96 Å². The van der Waals surface area contributed by atoms with Crippen molar-refractivity contribution >= 4 is 17.3 Å². The molecule has 0 aliphatic heterocycles. The lowest BCUT2D eigenvalue weighted by Crippen LogP contribution is -2.39. The van der Waals surface area contributed by atoms with E-state index in [4.69, 9.17) is 9.73 Å². The van der Waals surface area contributed by atoms with E-state index in [1.807, 2.05) is 14.0 Å². The highest BCUT2D eigenvalue weighted by Crippen LogP contribution is 2.45. The lowest BCUT2D eigenvalue weighted by Gasteiger charge is -2.22. The van der Waals surface area contributed by atoms with Crippen LogP contribution in [-0.4, -0.2) is 54.8 Å². The van der Waals surface area contributed by atoms with E-state index >= 15 is 0 Å². The van der Waals surface area contributed by atoms with Gasteiger partial charge in [-0.25, -0.2) is 4.98 Å². The van der Waals surface area contributed by atoms with Gasteiger partial charge in [-0.1, -0.05) is 0 Å². The molecule has 23 heavy (non-hydrogen) atoms. The number of aliphatic imine (C=N–C) groups is 1. The Morgan fingerprint density at radius 3 is 2.91 bits per heavy atom. The van der Waals surface area contributed by atoms with E-state index in [2.05, 4.69) is 27.5 Å². The second kappa shape index (κ2) is 8.08. The average molecular weight is 340 g/mol. The Morgan fingerprint density at radius 1 is 1.61 bits per heavy atom. The van der Waals surface area contributed by atoms with Crippen molar-refractivity contribution in [1.82, 2.24) is 15.2 Å². The van der Waals surface area contributed by atoms with Gasteiger partial charge in [-0.15, -0.1) is 11.3 Å². The number of guanidine groups is 1. The molecule has 1 aliphatic rings. The minimum Gasteiger partial charge on any atom is -0.396 e. The monoisotopic (exact) mass is 340 g/mol. The van der Waals surface area contributed by atoms with Crippen molar-refractivity contribution in [2.24, 2.45) is 10.4 Å². The van der Waals surface area contributed by atoms with Crippen molar-refractivity contribution in [1.29, 1.82) is 0 Å². The first-order chi connectivity index (χ1) is 11.0. The number of aliphatic hydroxyl groups is 1. The van der Waals surface area contributed by atoms with E-state index in [-0.39, 0.29) is 18.1 Å². The van der Waals surface area contributed by atoms with Crippen LogP contribution in [0, 0.1) is 5.41 Å². The van der Waals surface area contributed by atoms with Crippen LogP contribution in [-0.2, 0) is 11.3 Å². The first-order valence-electron chi connectivity index (χ1n) is 8.11. The molecule has 1 fully saturated rings. The Balaban J connectivity index is 1.98. The van der Waals surface area contributed by atoms with Gasteiger partial charge in [-0.2, -0.15) is 0 Å². The van der Waals surface area contributed by atoms with Gasteiger partial charge in [0, 0.05) is 31.5 Å². The zero-order valence-corrected chi connectivity index (χ0v) is 15.3. The fourth-order valence-corrected chi connectivity index (χ4v) is 3.10. The third-order valence-electron chi connectivity index (χ3n) is 4.22. The van der Waals surface area contributed by atoms with Gasteiger partial charge in [0.2, 0.25) is 0 Å². The number of ether oxygens (including phenoxy) is 1. The first kappa shape index (κ1) is 18.2. The fourth-order valence-electron chi connectivity index (χ4n) is 2.26. The number of rotatable bonds is 8. The molecule has 130 valence electrons. The summed E-state index contributed by atoms with van der Waals surface area (Å²) in [7, 11) is 3.71. The summed E-state index contributed by atoms with van der Waals surface area (Å²) in [5.41, 5.74) is 1.05. The molecule has 0 amide bonds. The summed E-state index contributed by atoms with van der Waals surface area (Å²) in [6.45, 7) is 6.48. The standard InChI is InChI=1S/C16H28N4O2S/c1-5-17-15(18-10-16(11-21)6-7-16)20(3)8-13-9-23-14(19-13)12(2)22-4/h9,12,21H,5-8,10-11H2,1-4H3,(H,17,18). The van der Waals surface area contributed by atoms with E-state index in [0.717, 1.165) is 36.0 Å². The lowest BCUT2D eigenvalue weighted by atomic mass is 10.1. The highest BCUT2D eigenvalue weighted by atomic mass is 32.1.